The molecule has 0 radical (unpaired) electrons. The summed E-state index contributed by atoms with van der Waals surface area (Å²) < 4.78 is 8.34. The molecule has 1 atom stereocenters. The van der Waals surface area contributed by atoms with Gasteiger partial charge >= 0.3 is 0 Å². The number of rotatable bonds is 7. The van der Waals surface area contributed by atoms with Gasteiger partial charge in [0.1, 0.15) is 11.6 Å². The van der Waals surface area contributed by atoms with Crippen molar-refractivity contribution in [2.24, 2.45) is 0 Å². The van der Waals surface area contributed by atoms with Gasteiger partial charge in [-0.05, 0) is 86.7 Å². The minimum atomic E-state index is 0.0484. The normalized spacial score (nSPS) is 15.8. The lowest BCUT2D eigenvalue weighted by Crippen LogP contribution is -2.25. The van der Waals surface area contributed by atoms with Crippen molar-refractivity contribution >= 4 is 34.2 Å². The van der Waals surface area contributed by atoms with Gasteiger partial charge in [0.05, 0.1) is 17.6 Å². The number of anilines is 1. The number of hydrogen-bond donors (Lipinski definition) is 0. The topological polar surface area (TPSA) is 47.4 Å². The zero-order valence-electron chi connectivity index (χ0n) is 21.3. The fourth-order valence-corrected chi connectivity index (χ4v) is 5.28. The van der Waals surface area contributed by atoms with Crippen molar-refractivity contribution in [1.29, 1.82) is 0 Å². The van der Waals surface area contributed by atoms with Gasteiger partial charge in [-0.25, -0.2) is 4.98 Å². The number of hydrogen-bond acceptors (Lipinski definition) is 3. The molecule has 0 aliphatic carbocycles. The molecule has 5 nitrogen and oxygen atoms in total. The first-order valence-corrected chi connectivity index (χ1v) is 12.9. The third kappa shape index (κ3) is 4.72. The Balaban J connectivity index is 1.35. The molecule has 186 valence electrons. The molecule has 1 unspecified atom stereocenters. The van der Waals surface area contributed by atoms with Crippen LogP contribution < -0.4 is 9.64 Å². The number of carbonyl (C=O) groups is 1. The first kappa shape index (κ1) is 24.4. The van der Waals surface area contributed by atoms with Crippen LogP contribution >= 0.6 is 11.6 Å². The molecular weight excluding hydrogens is 470 g/mol. The average Bonchev–Trinajstić information content (AvgIpc) is 3.42. The van der Waals surface area contributed by atoms with Crippen molar-refractivity contribution < 1.29 is 9.53 Å². The van der Waals surface area contributed by atoms with Crippen molar-refractivity contribution in [3.8, 4) is 5.75 Å². The maximum atomic E-state index is 13.1. The molecule has 0 saturated carbocycles. The van der Waals surface area contributed by atoms with Crippen molar-refractivity contribution in [2.45, 2.75) is 53.0 Å². The standard InChI is InChI=1S/C30H32ClN3O2/c1-19-10-11-20(2)27(14-19)34-18-23(17-28(34)35)30-32-25-8-5-6-9-26(25)33(30)12-7-13-36-24-15-21(3)29(31)22(4)16-24/h5-6,8-11,14-16,23H,7,12-13,17-18H2,1-4H3. The maximum absolute atomic E-state index is 13.1. The molecule has 1 aliphatic rings. The van der Waals surface area contributed by atoms with Crippen molar-refractivity contribution in [3.05, 3.63) is 87.7 Å². The largest absolute Gasteiger partial charge is 0.494 e. The summed E-state index contributed by atoms with van der Waals surface area (Å²) in [6.45, 7) is 10.1. The van der Waals surface area contributed by atoms with E-state index in [0.29, 0.717) is 19.6 Å². The number of halogens is 1. The highest BCUT2D eigenvalue weighted by Gasteiger charge is 2.35. The minimum absolute atomic E-state index is 0.0484. The fraction of sp³-hybridized carbons (Fsp3) is 0.333. The summed E-state index contributed by atoms with van der Waals surface area (Å²) in [7, 11) is 0. The molecule has 1 aromatic heterocycles. The van der Waals surface area contributed by atoms with Gasteiger partial charge in [-0.1, -0.05) is 35.9 Å². The molecule has 0 bridgehead atoms. The lowest BCUT2D eigenvalue weighted by molar-refractivity contribution is -0.117. The van der Waals surface area contributed by atoms with Gasteiger partial charge in [-0.15, -0.1) is 0 Å². The number of fused-ring (bicyclic) bond motifs is 1. The molecule has 0 spiro atoms. The van der Waals surface area contributed by atoms with Gasteiger partial charge in [0, 0.05) is 36.1 Å². The van der Waals surface area contributed by atoms with Crippen LogP contribution in [0.1, 0.15) is 46.8 Å². The van der Waals surface area contributed by atoms with Crippen LogP contribution in [0.3, 0.4) is 0 Å². The van der Waals surface area contributed by atoms with E-state index in [2.05, 4.69) is 42.7 Å². The molecule has 36 heavy (non-hydrogen) atoms. The molecule has 1 aliphatic heterocycles. The average molecular weight is 502 g/mol. The zero-order valence-corrected chi connectivity index (χ0v) is 22.1. The highest BCUT2D eigenvalue weighted by molar-refractivity contribution is 6.32. The summed E-state index contributed by atoms with van der Waals surface area (Å²) >= 11 is 6.30. The summed E-state index contributed by atoms with van der Waals surface area (Å²) in [4.78, 5) is 20.0. The lowest BCUT2D eigenvalue weighted by Gasteiger charge is -2.20. The number of benzene rings is 3. The van der Waals surface area contributed by atoms with Crippen molar-refractivity contribution in [1.82, 2.24) is 9.55 Å². The molecule has 4 aromatic rings. The second-order valence-corrected chi connectivity index (χ2v) is 10.3. The zero-order chi connectivity index (χ0) is 25.4. The SMILES string of the molecule is Cc1ccc(C)c(N2CC(c3nc4ccccc4n3CCCOc3cc(C)c(Cl)c(C)c3)CC2=O)c1. The Morgan fingerprint density at radius 2 is 1.75 bits per heavy atom. The first-order valence-electron chi connectivity index (χ1n) is 12.5. The van der Waals surface area contributed by atoms with E-state index in [1.54, 1.807) is 0 Å². The van der Waals surface area contributed by atoms with Gasteiger partial charge in [0.2, 0.25) is 5.91 Å². The first-order chi connectivity index (χ1) is 17.3. The summed E-state index contributed by atoms with van der Waals surface area (Å²) in [6, 6.07) is 18.5. The number of aromatic nitrogens is 2. The summed E-state index contributed by atoms with van der Waals surface area (Å²) in [6.07, 6.45) is 1.30. The van der Waals surface area contributed by atoms with E-state index in [1.165, 1.54) is 0 Å². The summed E-state index contributed by atoms with van der Waals surface area (Å²) in [5, 5.41) is 0.790. The number of carbonyl (C=O) groups excluding carboxylic acids is 1. The third-order valence-electron chi connectivity index (χ3n) is 7.03. The Bertz CT molecular complexity index is 1420. The monoisotopic (exact) mass is 501 g/mol. The number of ether oxygens (including phenoxy) is 1. The molecule has 1 fully saturated rings. The third-order valence-corrected chi connectivity index (χ3v) is 7.63. The van der Waals surface area contributed by atoms with Gasteiger partial charge in [0.15, 0.2) is 0 Å². The van der Waals surface area contributed by atoms with Crippen molar-refractivity contribution in [2.75, 3.05) is 18.1 Å². The second-order valence-electron chi connectivity index (χ2n) is 9.88. The smallest absolute Gasteiger partial charge is 0.227 e. The van der Waals surface area contributed by atoms with E-state index < -0.39 is 0 Å². The van der Waals surface area contributed by atoms with E-state index in [-0.39, 0.29) is 11.8 Å². The lowest BCUT2D eigenvalue weighted by atomic mass is 10.1. The maximum Gasteiger partial charge on any atom is 0.227 e. The molecule has 1 saturated heterocycles. The molecule has 3 aromatic carbocycles. The summed E-state index contributed by atoms with van der Waals surface area (Å²) in [5.74, 6) is 2.03. The number of imidazole rings is 1. The Morgan fingerprint density at radius 3 is 2.53 bits per heavy atom. The Hall–Kier alpha value is -3.31. The van der Waals surface area contributed by atoms with E-state index in [1.807, 2.05) is 49.1 Å². The van der Waals surface area contributed by atoms with Crippen LogP contribution in [0.2, 0.25) is 5.02 Å². The second kappa shape index (κ2) is 9.98. The van der Waals surface area contributed by atoms with Gasteiger partial charge in [-0.2, -0.15) is 0 Å². The predicted octanol–water partition coefficient (Wildman–Crippen LogP) is 6.91. The minimum Gasteiger partial charge on any atom is -0.494 e. The Labute approximate surface area is 217 Å². The summed E-state index contributed by atoms with van der Waals surface area (Å²) in [5.41, 5.74) is 7.39. The number of nitrogens with zero attached hydrogens (tertiary/aromatic N) is 3. The predicted molar refractivity (Wildman–Crippen MR) is 146 cm³/mol. The van der Waals surface area contributed by atoms with E-state index in [0.717, 1.165) is 68.5 Å². The van der Waals surface area contributed by atoms with Crippen LogP contribution in [0.15, 0.2) is 54.6 Å². The van der Waals surface area contributed by atoms with Gasteiger partial charge < -0.3 is 14.2 Å². The number of para-hydroxylation sites is 2. The highest BCUT2D eigenvalue weighted by atomic mass is 35.5. The van der Waals surface area contributed by atoms with Crippen LogP contribution in [0.25, 0.3) is 11.0 Å². The molecule has 6 heteroatoms. The van der Waals surface area contributed by atoms with E-state index in [9.17, 15) is 4.79 Å². The van der Waals surface area contributed by atoms with Crippen LogP contribution in [-0.4, -0.2) is 28.6 Å². The number of aryl methyl sites for hydroxylation is 5. The quantitative estimate of drug-likeness (QED) is 0.258. The molecular formula is C30H32ClN3O2. The molecule has 2 heterocycles. The molecule has 5 rings (SSSR count). The van der Waals surface area contributed by atoms with E-state index >= 15 is 0 Å². The van der Waals surface area contributed by atoms with Crippen LogP contribution in [0, 0.1) is 27.7 Å². The van der Waals surface area contributed by atoms with Crippen LogP contribution in [0.5, 0.6) is 5.75 Å². The highest BCUT2D eigenvalue weighted by Crippen LogP contribution is 2.35. The number of amides is 1. The van der Waals surface area contributed by atoms with Crippen LogP contribution in [-0.2, 0) is 11.3 Å². The van der Waals surface area contributed by atoms with Crippen LogP contribution in [0.4, 0.5) is 5.69 Å². The van der Waals surface area contributed by atoms with Gasteiger partial charge in [-0.3, -0.25) is 4.79 Å². The van der Waals surface area contributed by atoms with E-state index in [4.69, 9.17) is 21.3 Å². The Morgan fingerprint density at radius 1 is 1.00 bits per heavy atom. The fourth-order valence-electron chi connectivity index (χ4n) is 5.17. The molecule has 0 N–H and O–H groups in total. The van der Waals surface area contributed by atoms with Crippen molar-refractivity contribution in [3.63, 3.8) is 0 Å². The Kier molecular flexibility index (Phi) is 6.76. The van der Waals surface area contributed by atoms with Gasteiger partial charge in [0.25, 0.3) is 0 Å². The molecule has 1 amide bonds.